The summed E-state index contributed by atoms with van der Waals surface area (Å²) in [5.41, 5.74) is 10.9. The summed E-state index contributed by atoms with van der Waals surface area (Å²) in [5, 5.41) is 9.97. The number of aliphatic carboxylic acids is 1. The maximum Gasteiger partial charge on any atom is 0.332 e. The Morgan fingerprint density at radius 2 is 1.64 bits per heavy atom. The molecule has 2 aliphatic rings. The van der Waals surface area contributed by atoms with E-state index in [-0.39, 0.29) is 11.8 Å². The second-order valence-corrected chi connectivity index (χ2v) is 10.4. The molecule has 0 radical (unpaired) electrons. The lowest BCUT2D eigenvalue weighted by Gasteiger charge is -2.18. The molecule has 1 saturated heterocycles. The zero-order valence-electron chi connectivity index (χ0n) is 23.9. The SMILES string of the molecule is CCCC1=Nc2ccc(-c3ccc(C(=O)N4CCCC4)cc3)cc2C=C(C(=O)O)C1CCC.CCCCCN. The Morgan fingerprint density at radius 1 is 0.949 bits per heavy atom. The molecule has 2 aliphatic heterocycles. The summed E-state index contributed by atoms with van der Waals surface area (Å²) in [6.07, 6.45) is 11.1. The van der Waals surface area contributed by atoms with Gasteiger partial charge in [-0.1, -0.05) is 64.7 Å². The van der Waals surface area contributed by atoms with Crippen LogP contribution in [0.4, 0.5) is 5.69 Å². The number of benzene rings is 2. The molecule has 1 amide bonds. The van der Waals surface area contributed by atoms with E-state index < -0.39 is 5.97 Å². The van der Waals surface area contributed by atoms with E-state index in [1.807, 2.05) is 47.4 Å². The number of hydrogen-bond acceptors (Lipinski definition) is 4. The Morgan fingerprint density at radius 3 is 2.21 bits per heavy atom. The molecule has 1 fully saturated rings. The summed E-state index contributed by atoms with van der Waals surface area (Å²) in [4.78, 5) is 31.6. The van der Waals surface area contributed by atoms with Crippen LogP contribution < -0.4 is 5.73 Å². The van der Waals surface area contributed by atoms with Crippen LogP contribution in [-0.2, 0) is 4.79 Å². The second-order valence-electron chi connectivity index (χ2n) is 10.4. The van der Waals surface area contributed by atoms with E-state index in [1.54, 1.807) is 6.08 Å². The molecule has 2 aromatic rings. The molecule has 3 N–H and O–H groups in total. The topological polar surface area (TPSA) is 96.0 Å². The van der Waals surface area contributed by atoms with Crippen LogP contribution in [0.1, 0.15) is 94.5 Å². The summed E-state index contributed by atoms with van der Waals surface area (Å²) < 4.78 is 0. The van der Waals surface area contributed by atoms with E-state index in [0.29, 0.717) is 11.1 Å². The van der Waals surface area contributed by atoms with Crippen molar-refractivity contribution in [1.82, 2.24) is 4.90 Å². The highest BCUT2D eigenvalue weighted by Crippen LogP contribution is 2.36. The van der Waals surface area contributed by atoms with Crippen molar-refractivity contribution in [2.45, 2.75) is 78.6 Å². The highest BCUT2D eigenvalue weighted by Gasteiger charge is 2.27. The average molecular weight is 532 g/mol. The molecule has 2 heterocycles. The minimum Gasteiger partial charge on any atom is -0.478 e. The number of hydrogen-bond donors (Lipinski definition) is 2. The Bertz CT molecular complexity index is 1160. The van der Waals surface area contributed by atoms with Gasteiger partial charge in [0.1, 0.15) is 0 Å². The third-order valence-corrected chi connectivity index (χ3v) is 7.38. The van der Waals surface area contributed by atoms with E-state index in [2.05, 4.69) is 20.8 Å². The zero-order chi connectivity index (χ0) is 28.2. The van der Waals surface area contributed by atoms with Gasteiger partial charge in [0.2, 0.25) is 0 Å². The summed E-state index contributed by atoms with van der Waals surface area (Å²) >= 11 is 0. The third-order valence-electron chi connectivity index (χ3n) is 7.38. The van der Waals surface area contributed by atoms with Gasteiger partial charge in [0.05, 0.1) is 5.69 Å². The number of carbonyl (C=O) groups excluding carboxylic acids is 1. The maximum atomic E-state index is 12.6. The fourth-order valence-electron chi connectivity index (χ4n) is 5.24. The quantitative estimate of drug-likeness (QED) is 0.310. The minimum atomic E-state index is -0.875. The molecule has 2 aromatic carbocycles. The van der Waals surface area contributed by atoms with Crippen LogP contribution in [0, 0.1) is 5.92 Å². The largest absolute Gasteiger partial charge is 0.478 e. The Kier molecular flexibility index (Phi) is 11.9. The van der Waals surface area contributed by atoms with Gasteiger partial charge in [0.25, 0.3) is 5.91 Å². The van der Waals surface area contributed by atoms with Crippen LogP contribution >= 0.6 is 0 Å². The lowest BCUT2D eigenvalue weighted by molar-refractivity contribution is -0.133. The van der Waals surface area contributed by atoms with Crippen LogP contribution in [0.5, 0.6) is 0 Å². The van der Waals surface area contributed by atoms with E-state index >= 15 is 0 Å². The normalized spacial score (nSPS) is 16.4. The number of rotatable bonds is 10. The first-order valence-electron chi connectivity index (χ1n) is 14.7. The number of unbranched alkanes of at least 4 members (excludes halogenated alkanes) is 2. The minimum absolute atomic E-state index is 0.0924. The molecule has 0 spiro atoms. The van der Waals surface area contributed by atoms with Crippen LogP contribution in [0.25, 0.3) is 17.2 Å². The highest BCUT2D eigenvalue weighted by molar-refractivity contribution is 6.05. The molecule has 0 bridgehead atoms. The number of likely N-dealkylation sites (tertiary alicyclic amines) is 1. The van der Waals surface area contributed by atoms with Gasteiger partial charge in [0.15, 0.2) is 0 Å². The van der Waals surface area contributed by atoms with E-state index in [0.717, 1.165) is 86.2 Å². The summed E-state index contributed by atoms with van der Waals surface area (Å²) in [7, 11) is 0. The predicted molar refractivity (Wildman–Crippen MR) is 162 cm³/mol. The molecule has 0 aliphatic carbocycles. The first kappa shape index (κ1) is 30.3. The predicted octanol–water partition coefficient (Wildman–Crippen LogP) is 7.50. The van der Waals surface area contributed by atoms with Gasteiger partial charge in [-0.2, -0.15) is 0 Å². The fraction of sp³-hybridized carbons (Fsp3) is 0.485. The number of carboxylic acids is 1. The van der Waals surface area contributed by atoms with Gasteiger partial charge >= 0.3 is 5.97 Å². The molecule has 1 atom stereocenters. The van der Waals surface area contributed by atoms with E-state index in [9.17, 15) is 14.7 Å². The Balaban J connectivity index is 0.000000631. The van der Waals surface area contributed by atoms with Crippen molar-refractivity contribution in [2.75, 3.05) is 19.6 Å². The van der Waals surface area contributed by atoms with Gasteiger partial charge in [-0.3, -0.25) is 9.79 Å². The lowest BCUT2D eigenvalue weighted by atomic mass is 9.87. The summed E-state index contributed by atoms with van der Waals surface area (Å²) in [6.45, 7) is 8.88. The van der Waals surface area contributed by atoms with Crippen molar-refractivity contribution in [1.29, 1.82) is 0 Å². The number of aliphatic imine (C=N–C) groups is 1. The molecular formula is C33H45N3O3. The highest BCUT2D eigenvalue weighted by atomic mass is 16.4. The molecular weight excluding hydrogens is 486 g/mol. The number of fused-ring (bicyclic) bond motifs is 1. The van der Waals surface area contributed by atoms with Crippen LogP contribution in [0.2, 0.25) is 0 Å². The third kappa shape index (κ3) is 8.12. The van der Waals surface area contributed by atoms with Crippen LogP contribution in [0.3, 0.4) is 0 Å². The fourth-order valence-corrected chi connectivity index (χ4v) is 5.24. The van der Waals surface area contributed by atoms with Crippen molar-refractivity contribution in [3.8, 4) is 11.1 Å². The van der Waals surface area contributed by atoms with E-state index in [1.165, 1.54) is 19.3 Å². The van der Waals surface area contributed by atoms with Gasteiger partial charge in [0, 0.05) is 41.4 Å². The van der Waals surface area contributed by atoms with E-state index in [4.69, 9.17) is 10.7 Å². The number of nitrogens with zero attached hydrogens (tertiary/aromatic N) is 2. The standard InChI is InChI=1S/C28H32N2O3.C5H13N/c1-3-7-23-24(28(32)33)18-22-17-21(13-14-25(22)29-26(23)8-4-2)19-9-11-20(12-10-19)27(31)30-15-5-6-16-30;1-2-3-4-5-6/h9-14,17-18,23H,3-8,15-16H2,1-2H3,(H,32,33);2-6H2,1H3. The van der Waals surface area contributed by atoms with Gasteiger partial charge in [-0.15, -0.1) is 0 Å². The number of carboxylic acid groups (broad SMARTS) is 1. The molecule has 6 nitrogen and oxygen atoms in total. The van der Waals surface area contributed by atoms with Crippen molar-refractivity contribution < 1.29 is 14.7 Å². The van der Waals surface area contributed by atoms with Crippen molar-refractivity contribution in [3.05, 3.63) is 59.2 Å². The molecule has 210 valence electrons. The van der Waals surface area contributed by atoms with Gasteiger partial charge < -0.3 is 15.7 Å². The number of amides is 1. The van der Waals surface area contributed by atoms with Gasteiger partial charge in [-0.05, 0) is 80.1 Å². The Labute approximate surface area is 234 Å². The summed E-state index contributed by atoms with van der Waals surface area (Å²) in [6, 6.07) is 13.7. The smallest absolute Gasteiger partial charge is 0.332 e. The molecule has 6 heteroatoms. The molecule has 0 saturated carbocycles. The molecule has 39 heavy (non-hydrogen) atoms. The maximum absolute atomic E-state index is 12.6. The van der Waals surface area contributed by atoms with Crippen molar-refractivity contribution in [3.63, 3.8) is 0 Å². The molecule has 0 aromatic heterocycles. The monoisotopic (exact) mass is 531 g/mol. The Hall–Kier alpha value is -3.25. The lowest BCUT2D eigenvalue weighted by Crippen LogP contribution is -2.27. The summed E-state index contributed by atoms with van der Waals surface area (Å²) in [5.74, 6) is -0.936. The average Bonchev–Trinajstić information content (AvgIpc) is 3.44. The number of nitrogens with two attached hydrogens (primary N) is 1. The molecule has 4 rings (SSSR count). The number of carbonyl (C=O) groups is 2. The first-order chi connectivity index (χ1) is 18.9. The first-order valence-corrected chi connectivity index (χ1v) is 14.7. The molecule has 1 unspecified atom stereocenters. The van der Waals surface area contributed by atoms with Crippen molar-refractivity contribution >= 4 is 29.4 Å². The van der Waals surface area contributed by atoms with Crippen LogP contribution in [-0.4, -0.2) is 47.2 Å². The second kappa shape index (κ2) is 15.4. The van der Waals surface area contributed by atoms with Gasteiger partial charge in [-0.25, -0.2) is 4.79 Å². The zero-order valence-corrected chi connectivity index (χ0v) is 23.9. The van der Waals surface area contributed by atoms with Crippen molar-refractivity contribution in [2.24, 2.45) is 16.6 Å². The van der Waals surface area contributed by atoms with Crippen LogP contribution in [0.15, 0.2) is 53.0 Å².